The number of amides is 1. The molecule has 0 spiro atoms. The van der Waals surface area contributed by atoms with Gasteiger partial charge < -0.3 is 10.1 Å². The van der Waals surface area contributed by atoms with Crippen LogP contribution in [0.15, 0.2) is 78.0 Å². The number of para-hydroxylation sites is 2. The van der Waals surface area contributed by atoms with Crippen LogP contribution in [0, 0.1) is 0 Å². The summed E-state index contributed by atoms with van der Waals surface area (Å²) in [6, 6.07) is 16.1. The van der Waals surface area contributed by atoms with Crippen molar-refractivity contribution < 1.29 is 17.9 Å². The first kappa shape index (κ1) is 19.4. The lowest BCUT2D eigenvalue weighted by molar-refractivity contribution is 0.0950. The number of benzene rings is 2. The number of anilines is 1. The number of pyridine rings is 1. The number of aromatic nitrogens is 1. The molecule has 0 saturated heterocycles. The van der Waals surface area contributed by atoms with E-state index >= 15 is 0 Å². The average molecular weight is 397 g/mol. The van der Waals surface area contributed by atoms with Gasteiger partial charge in [-0.2, -0.15) is 0 Å². The van der Waals surface area contributed by atoms with Gasteiger partial charge in [0.15, 0.2) is 0 Å². The molecule has 0 fully saturated rings. The highest BCUT2D eigenvalue weighted by Crippen LogP contribution is 2.26. The van der Waals surface area contributed by atoms with Gasteiger partial charge in [-0.1, -0.05) is 24.3 Å². The molecular weight excluding hydrogens is 378 g/mol. The number of methoxy groups -OCH3 is 1. The second kappa shape index (κ2) is 8.53. The lowest BCUT2D eigenvalue weighted by Gasteiger charge is -2.12. The average Bonchev–Trinajstić information content (AvgIpc) is 2.73. The lowest BCUT2D eigenvalue weighted by Crippen LogP contribution is -2.23. The fourth-order valence-corrected chi connectivity index (χ4v) is 3.64. The van der Waals surface area contributed by atoms with Crippen LogP contribution in [0.25, 0.3) is 0 Å². The summed E-state index contributed by atoms with van der Waals surface area (Å²) in [5, 5.41) is 2.75. The third-order valence-corrected chi connectivity index (χ3v) is 5.30. The van der Waals surface area contributed by atoms with Gasteiger partial charge in [0.2, 0.25) is 0 Å². The zero-order valence-electron chi connectivity index (χ0n) is 15.1. The number of carbonyl (C=O) groups excluding carboxylic acids is 1. The molecule has 0 aliphatic heterocycles. The molecule has 0 aliphatic carbocycles. The van der Waals surface area contributed by atoms with E-state index in [0.717, 1.165) is 5.56 Å². The highest BCUT2D eigenvalue weighted by atomic mass is 32.2. The summed E-state index contributed by atoms with van der Waals surface area (Å²) in [5.74, 6) is 0.0228. The van der Waals surface area contributed by atoms with Crippen LogP contribution in [-0.2, 0) is 16.6 Å². The molecule has 0 unspecified atom stereocenters. The van der Waals surface area contributed by atoms with Gasteiger partial charge in [-0.3, -0.25) is 14.5 Å². The molecular formula is C20H19N3O4S. The van der Waals surface area contributed by atoms with E-state index in [1.807, 2.05) is 6.07 Å². The normalized spacial score (nSPS) is 10.9. The lowest BCUT2D eigenvalue weighted by atomic mass is 10.2. The van der Waals surface area contributed by atoms with Crippen LogP contribution in [0.3, 0.4) is 0 Å². The Morgan fingerprint density at radius 1 is 1.07 bits per heavy atom. The van der Waals surface area contributed by atoms with Gasteiger partial charge in [-0.05, 0) is 42.0 Å². The zero-order chi connectivity index (χ0) is 20.0. The van der Waals surface area contributed by atoms with Crippen LogP contribution in [0.5, 0.6) is 5.75 Å². The number of nitrogens with zero attached hydrogens (tertiary/aromatic N) is 1. The van der Waals surface area contributed by atoms with E-state index in [1.165, 1.54) is 25.3 Å². The number of nitrogens with one attached hydrogen (secondary N) is 2. The first-order valence-corrected chi connectivity index (χ1v) is 9.91. The van der Waals surface area contributed by atoms with Gasteiger partial charge >= 0.3 is 0 Å². The molecule has 2 aromatic carbocycles. The SMILES string of the molecule is COc1ccccc1NS(=O)(=O)c1cccc(C(=O)NCc2cccnc2)c1. The first-order chi connectivity index (χ1) is 13.5. The number of hydrogen-bond donors (Lipinski definition) is 2. The van der Waals surface area contributed by atoms with Crippen LogP contribution in [0.2, 0.25) is 0 Å². The molecule has 0 aliphatic rings. The first-order valence-electron chi connectivity index (χ1n) is 8.42. The number of hydrogen-bond acceptors (Lipinski definition) is 5. The van der Waals surface area contributed by atoms with Gasteiger partial charge in [0, 0.05) is 24.5 Å². The third kappa shape index (κ3) is 4.66. The number of ether oxygens (including phenoxy) is 1. The van der Waals surface area contributed by atoms with Gasteiger partial charge in [0.25, 0.3) is 15.9 Å². The summed E-state index contributed by atoms with van der Waals surface area (Å²) < 4.78 is 33.1. The Bertz CT molecular complexity index is 1070. The maximum Gasteiger partial charge on any atom is 0.262 e. The maximum atomic E-state index is 12.7. The predicted octanol–water partition coefficient (Wildman–Crippen LogP) is 2.82. The van der Waals surface area contributed by atoms with E-state index in [4.69, 9.17) is 4.74 Å². The van der Waals surface area contributed by atoms with Crippen LogP contribution < -0.4 is 14.8 Å². The van der Waals surface area contributed by atoms with Crippen LogP contribution in [-0.4, -0.2) is 26.4 Å². The molecule has 8 heteroatoms. The van der Waals surface area contributed by atoms with Crippen molar-refractivity contribution in [3.63, 3.8) is 0 Å². The fraction of sp³-hybridized carbons (Fsp3) is 0.100. The van der Waals surface area contributed by atoms with Crippen molar-refractivity contribution in [1.29, 1.82) is 0 Å². The number of rotatable bonds is 7. The molecule has 1 amide bonds. The van der Waals surface area contributed by atoms with Crippen molar-refractivity contribution in [2.75, 3.05) is 11.8 Å². The summed E-state index contributed by atoms with van der Waals surface area (Å²) >= 11 is 0. The Balaban J connectivity index is 1.77. The maximum absolute atomic E-state index is 12.7. The van der Waals surface area contributed by atoms with Gasteiger partial charge in [-0.15, -0.1) is 0 Å². The molecule has 0 saturated carbocycles. The number of sulfonamides is 1. The standard InChI is InChI=1S/C20H19N3O4S/c1-27-19-10-3-2-9-18(19)23-28(25,26)17-8-4-7-16(12-17)20(24)22-14-15-6-5-11-21-13-15/h2-13,23H,14H2,1H3,(H,22,24). The Morgan fingerprint density at radius 3 is 2.64 bits per heavy atom. The van der Waals surface area contributed by atoms with Crippen LogP contribution in [0.1, 0.15) is 15.9 Å². The Hall–Kier alpha value is -3.39. The molecule has 1 aromatic heterocycles. The smallest absolute Gasteiger partial charge is 0.262 e. The molecule has 7 nitrogen and oxygen atoms in total. The van der Waals surface area contributed by atoms with E-state index in [-0.39, 0.29) is 16.4 Å². The Kier molecular flexibility index (Phi) is 5.90. The van der Waals surface area contributed by atoms with Crippen molar-refractivity contribution in [2.45, 2.75) is 11.4 Å². The van der Waals surface area contributed by atoms with Crippen molar-refractivity contribution >= 4 is 21.6 Å². The van der Waals surface area contributed by atoms with E-state index in [2.05, 4.69) is 15.0 Å². The largest absolute Gasteiger partial charge is 0.495 e. The minimum atomic E-state index is -3.89. The summed E-state index contributed by atoms with van der Waals surface area (Å²) in [6.45, 7) is 0.295. The minimum Gasteiger partial charge on any atom is -0.495 e. The summed E-state index contributed by atoms with van der Waals surface area (Å²) in [6.07, 6.45) is 3.30. The highest BCUT2D eigenvalue weighted by molar-refractivity contribution is 7.92. The Morgan fingerprint density at radius 2 is 1.89 bits per heavy atom. The van der Waals surface area contributed by atoms with E-state index in [9.17, 15) is 13.2 Å². The fourth-order valence-electron chi connectivity index (χ4n) is 2.52. The molecule has 0 bridgehead atoms. The van der Waals surface area contributed by atoms with Crippen molar-refractivity contribution in [3.05, 3.63) is 84.2 Å². The highest BCUT2D eigenvalue weighted by Gasteiger charge is 2.18. The van der Waals surface area contributed by atoms with Crippen molar-refractivity contribution in [2.24, 2.45) is 0 Å². The zero-order valence-corrected chi connectivity index (χ0v) is 15.9. The summed E-state index contributed by atoms with van der Waals surface area (Å²) in [4.78, 5) is 16.4. The molecule has 1 heterocycles. The molecule has 0 radical (unpaired) electrons. The van der Waals surface area contributed by atoms with Crippen molar-refractivity contribution in [1.82, 2.24) is 10.3 Å². The minimum absolute atomic E-state index is 0.0209. The van der Waals surface area contributed by atoms with Gasteiger partial charge in [0.05, 0.1) is 17.7 Å². The van der Waals surface area contributed by atoms with E-state index in [0.29, 0.717) is 18.0 Å². The van der Waals surface area contributed by atoms with E-state index < -0.39 is 10.0 Å². The molecule has 0 atom stereocenters. The number of carbonyl (C=O) groups is 1. The molecule has 3 aromatic rings. The van der Waals surface area contributed by atoms with Gasteiger partial charge in [0.1, 0.15) is 5.75 Å². The predicted molar refractivity (Wildman–Crippen MR) is 106 cm³/mol. The van der Waals surface area contributed by atoms with Gasteiger partial charge in [-0.25, -0.2) is 8.42 Å². The topological polar surface area (TPSA) is 97.4 Å². The summed E-state index contributed by atoms with van der Waals surface area (Å²) in [5.41, 5.74) is 1.40. The van der Waals surface area contributed by atoms with Crippen LogP contribution in [0.4, 0.5) is 5.69 Å². The Labute approximate surface area is 163 Å². The molecule has 144 valence electrons. The quantitative estimate of drug-likeness (QED) is 0.639. The molecule has 2 N–H and O–H groups in total. The monoisotopic (exact) mass is 397 g/mol. The molecule has 3 rings (SSSR count). The molecule has 28 heavy (non-hydrogen) atoms. The van der Waals surface area contributed by atoms with Crippen LogP contribution >= 0.6 is 0 Å². The van der Waals surface area contributed by atoms with E-state index in [1.54, 1.807) is 48.8 Å². The third-order valence-electron chi connectivity index (χ3n) is 3.93. The second-order valence-electron chi connectivity index (χ2n) is 5.88. The van der Waals surface area contributed by atoms with Crippen molar-refractivity contribution in [3.8, 4) is 5.75 Å². The summed E-state index contributed by atoms with van der Waals surface area (Å²) in [7, 11) is -2.43. The second-order valence-corrected chi connectivity index (χ2v) is 7.56.